The van der Waals surface area contributed by atoms with Crippen molar-refractivity contribution >= 4 is 15.9 Å². The number of para-hydroxylation sites is 1. The third kappa shape index (κ3) is 4.84. The molecule has 0 fully saturated rings. The fraction of sp³-hybridized carbons (Fsp3) is 0.261. The Bertz CT molecular complexity index is 1370. The van der Waals surface area contributed by atoms with Crippen LogP contribution in [-0.2, 0) is 16.4 Å². The third-order valence-corrected chi connectivity index (χ3v) is 6.77. The highest BCUT2D eigenvalue weighted by Crippen LogP contribution is 2.37. The Morgan fingerprint density at radius 1 is 1.09 bits per heavy atom. The van der Waals surface area contributed by atoms with E-state index < -0.39 is 32.3 Å². The molecule has 1 aromatic heterocycles. The van der Waals surface area contributed by atoms with Gasteiger partial charge in [-0.1, -0.05) is 37.6 Å². The highest BCUT2D eigenvalue weighted by atomic mass is 32.2. The number of unbranched alkanes of at least 4 members (excludes halogenated alkanes) is 1. The van der Waals surface area contributed by atoms with Crippen molar-refractivity contribution in [3.63, 3.8) is 0 Å². The minimum atomic E-state index is -5.02. The van der Waals surface area contributed by atoms with Crippen LogP contribution >= 0.6 is 0 Å². The summed E-state index contributed by atoms with van der Waals surface area (Å²) in [6, 6.07) is 12.2. The molecule has 0 atom stereocenters. The van der Waals surface area contributed by atoms with Gasteiger partial charge in [-0.05, 0) is 30.7 Å². The molecule has 11 nitrogen and oxygen atoms in total. The first-order valence-corrected chi connectivity index (χ1v) is 12.1. The first-order valence-electron chi connectivity index (χ1n) is 10.6. The minimum absolute atomic E-state index is 0.0303. The quantitative estimate of drug-likeness (QED) is 0.254. The Morgan fingerprint density at radius 2 is 1.69 bits per heavy atom. The Kier molecular flexibility index (Phi) is 7.77. The lowest BCUT2D eigenvalue weighted by molar-refractivity contribution is 0.0861. The van der Waals surface area contributed by atoms with Crippen LogP contribution in [0.15, 0.2) is 58.2 Å². The number of carbonyl (C=O) groups is 1. The first kappa shape index (κ1) is 25.7. The average Bonchev–Trinajstić information content (AvgIpc) is 2.86. The van der Waals surface area contributed by atoms with E-state index in [1.807, 2.05) is 6.92 Å². The number of nitrogens with zero attached hydrogens (tertiary/aromatic N) is 3. The number of sulfonamides is 1. The standard InChI is InChI=1S/C23H26N4O7S/c1-4-5-14-18-25-21(28)20(35(31,32)27(24)22(29)15-10-7-6-8-11-15)23(30)26(18)19-16(33-2)12-9-13-17(19)34-3/h6-13,30H,4-5,14,24H2,1-3H3. The number of aromatic hydroxyl groups is 1. The van der Waals surface area contributed by atoms with Crippen molar-refractivity contribution < 1.29 is 27.8 Å². The van der Waals surface area contributed by atoms with Crippen LogP contribution in [-0.4, -0.2) is 47.6 Å². The van der Waals surface area contributed by atoms with E-state index in [4.69, 9.17) is 15.3 Å². The molecule has 1 heterocycles. The van der Waals surface area contributed by atoms with Gasteiger partial charge in [-0.2, -0.15) is 17.8 Å². The Balaban J connectivity index is 2.31. The van der Waals surface area contributed by atoms with Gasteiger partial charge in [0.15, 0.2) is 0 Å². The fourth-order valence-corrected chi connectivity index (χ4v) is 4.58. The Labute approximate surface area is 202 Å². The van der Waals surface area contributed by atoms with E-state index in [1.54, 1.807) is 24.3 Å². The number of hydrogen-bond acceptors (Lipinski definition) is 9. The van der Waals surface area contributed by atoms with Gasteiger partial charge in [-0.25, -0.2) is 5.84 Å². The number of aromatic nitrogens is 2. The van der Waals surface area contributed by atoms with E-state index in [0.717, 1.165) is 11.0 Å². The second-order valence-electron chi connectivity index (χ2n) is 7.41. The van der Waals surface area contributed by atoms with E-state index in [2.05, 4.69) is 4.98 Å². The van der Waals surface area contributed by atoms with Gasteiger partial charge in [0.1, 0.15) is 23.0 Å². The SMILES string of the molecule is CCCCc1nc(=O)c(S(=O)(=O)N(N)C(=O)c2ccccc2)c(O)n1-c1c(OC)cccc1OC. The second kappa shape index (κ2) is 10.6. The summed E-state index contributed by atoms with van der Waals surface area (Å²) in [5.41, 5.74) is -1.16. The summed E-state index contributed by atoms with van der Waals surface area (Å²) >= 11 is 0. The van der Waals surface area contributed by atoms with Crippen LogP contribution in [0.2, 0.25) is 0 Å². The van der Waals surface area contributed by atoms with Crippen LogP contribution in [0.1, 0.15) is 35.9 Å². The van der Waals surface area contributed by atoms with Crippen LogP contribution < -0.4 is 20.9 Å². The van der Waals surface area contributed by atoms with Gasteiger partial charge in [-0.3, -0.25) is 14.2 Å². The molecule has 3 aromatic rings. The molecule has 0 bridgehead atoms. The van der Waals surface area contributed by atoms with E-state index in [0.29, 0.717) is 6.42 Å². The number of rotatable bonds is 9. The Hall–Kier alpha value is -3.90. The molecular weight excluding hydrogens is 476 g/mol. The van der Waals surface area contributed by atoms with E-state index >= 15 is 0 Å². The smallest absolute Gasteiger partial charge is 0.297 e. The number of ether oxygens (including phenoxy) is 2. The van der Waals surface area contributed by atoms with Gasteiger partial charge in [0.2, 0.25) is 10.8 Å². The van der Waals surface area contributed by atoms with Gasteiger partial charge in [0, 0.05) is 12.0 Å². The minimum Gasteiger partial charge on any atom is -0.494 e. The topological polar surface area (TPSA) is 154 Å². The number of methoxy groups -OCH3 is 2. The summed E-state index contributed by atoms with van der Waals surface area (Å²) in [6.45, 7) is 1.92. The number of aryl methyl sites for hydroxylation is 1. The summed E-state index contributed by atoms with van der Waals surface area (Å²) in [5, 5.41) is 11.2. The summed E-state index contributed by atoms with van der Waals surface area (Å²) in [6.07, 6.45) is 1.56. The van der Waals surface area contributed by atoms with Crippen molar-refractivity contribution in [2.45, 2.75) is 31.1 Å². The van der Waals surface area contributed by atoms with Gasteiger partial charge in [0.05, 0.1) is 14.2 Å². The molecule has 0 saturated heterocycles. The summed E-state index contributed by atoms with van der Waals surface area (Å²) < 4.78 is 38.4. The Morgan fingerprint density at radius 3 is 2.23 bits per heavy atom. The second-order valence-corrected chi connectivity index (χ2v) is 9.16. The lowest BCUT2D eigenvalue weighted by Gasteiger charge is -2.22. The monoisotopic (exact) mass is 502 g/mol. The molecular formula is C23H26N4O7S. The highest BCUT2D eigenvalue weighted by Gasteiger charge is 2.36. The van der Waals surface area contributed by atoms with Crippen LogP contribution in [0.5, 0.6) is 17.4 Å². The molecule has 3 rings (SSSR count). The maximum Gasteiger partial charge on any atom is 0.297 e. The maximum absolute atomic E-state index is 13.3. The molecule has 0 unspecified atom stereocenters. The summed E-state index contributed by atoms with van der Waals surface area (Å²) in [4.78, 5) is 28.4. The molecule has 12 heteroatoms. The molecule has 0 aliphatic carbocycles. The number of hydrogen-bond donors (Lipinski definition) is 2. The van der Waals surface area contributed by atoms with Crippen molar-refractivity contribution in [1.29, 1.82) is 0 Å². The predicted molar refractivity (Wildman–Crippen MR) is 127 cm³/mol. The molecule has 0 radical (unpaired) electrons. The van der Waals surface area contributed by atoms with E-state index in [1.165, 1.54) is 38.5 Å². The molecule has 0 aliphatic heterocycles. The zero-order chi connectivity index (χ0) is 25.8. The van der Waals surface area contributed by atoms with Gasteiger partial charge in [-0.15, -0.1) is 0 Å². The molecule has 3 N–H and O–H groups in total. The van der Waals surface area contributed by atoms with E-state index in [-0.39, 0.29) is 39.4 Å². The normalized spacial score (nSPS) is 11.2. The average molecular weight is 503 g/mol. The van der Waals surface area contributed by atoms with E-state index in [9.17, 15) is 23.1 Å². The summed E-state index contributed by atoms with van der Waals surface area (Å²) in [7, 11) is -2.25. The number of nitrogens with two attached hydrogens (primary N) is 1. The maximum atomic E-state index is 13.3. The molecule has 0 saturated carbocycles. The fourth-order valence-electron chi connectivity index (χ4n) is 3.47. The van der Waals surface area contributed by atoms with Gasteiger partial charge >= 0.3 is 0 Å². The number of benzene rings is 2. The molecule has 0 aliphatic rings. The first-order chi connectivity index (χ1) is 16.7. The molecule has 35 heavy (non-hydrogen) atoms. The van der Waals surface area contributed by atoms with Crippen LogP contribution in [0.4, 0.5) is 0 Å². The van der Waals surface area contributed by atoms with Gasteiger partial charge in [0.25, 0.3) is 21.5 Å². The van der Waals surface area contributed by atoms with Crippen molar-refractivity contribution in [1.82, 2.24) is 14.0 Å². The number of hydrazine groups is 1. The molecule has 2 aromatic carbocycles. The molecule has 186 valence electrons. The zero-order valence-electron chi connectivity index (χ0n) is 19.5. The number of carbonyl (C=O) groups excluding carboxylic acids is 1. The zero-order valence-corrected chi connectivity index (χ0v) is 20.3. The van der Waals surface area contributed by atoms with Gasteiger partial charge < -0.3 is 14.6 Å². The summed E-state index contributed by atoms with van der Waals surface area (Å²) in [5.74, 6) is 4.12. The highest BCUT2D eigenvalue weighted by molar-refractivity contribution is 7.89. The van der Waals surface area contributed by atoms with Crippen molar-refractivity contribution in [3.8, 4) is 23.1 Å². The third-order valence-electron chi connectivity index (χ3n) is 5.22. The van der Waals surface area contributed by atoms with Crippen LogP contribution in [0.25, 0.3) is 5.69 Å². The van der Waals surface area contributed by atoms with Crippen LogP contribution in [0.3, 0.4) is 0 Å². The largest absolute Gasteiger partial charge is 0.494 e. The molecule has 0 spiro atoms. The molecule has 1 amide bonds. The van der Waals surface area contributed by atoms with Crippen LogP contribution in [0, 0.1) is 0 Å². The number of amides is 1. The predicted octanol–water partition coefficient (Wildman–Crippen LogP) is 2.00. The van der Waals surface area contributed by atoms with Crippen molar-refractivity contribution in [2.24, 2.45) is 5.84 Å². The van der Waals surface area contributed by atoms with Crippen molar-refractivity contribution in [2.75, 3.05) is 14.2 Å². The lowest BCUT2D eigenvalue weighted by atomic mass is 10.2. The lowest BCUT2D eigenvalue weighted by Crippen LogP contribution is -2.44. The van der Waals surface area contributed by atoms with Crippen molar-refractivity contribution in [3.05, 3.63) is 70.3 Å².